The van der Waals surface area contributed by atoms with E-state index < -0.39 is 0 Å². The maximum absolute atomic E-state index is 6.28. The van der Waals surface area contributed by atoms with Crippen LogP contribution in [0.25, 0.3) is 0 Å². The summed E-state index contributed by atoms with van der Waals surface area (Å²) in [4.78, 5) is 0. The summed E-state index contributed by atoms with van der Waals surface area (Å²) in [7, 11) is 0. The predicted octanol–water partition coefficient (Wildman–Crippen LogP) is 4.94. The number of hydrogen-bond acceptors (Lipinski definition) is 2. The molecular formula is C17H20ClNO. The van der Waals surface area contributed by atoms with Gasteiger partial charge in [-0.15, -0.1) is 0 Å². The zero-order valence-corrected chi connectivity index (χ0v) is 12.7. The van der Waals surface area contributed by atoms with Crippen molar-refractivity contribution in [2.24, 2.45) is 0 Å². The Balaban J connectivity index is 2.06. The lowest BCUT2D eigenvalue weighted by Gasteiger charge is -2.10. The molecule has 0 aliphatic rings. The fourth-order valence-electron chi connectivity index (χ4n) is 1.95. The molecule has 0 heterocycles. The topological polar surface area (TPSA) is 21.3 Å². The Labute approximate surface area is 125 Å². The van der Waals surface area contributed by atoms with Crippen LogP contribution in [-0.2, 0) is 6.54 Å². The number of halogens is 1. The van der Waals surface area contributed by atoms with Crippen molar-refractivity contribution < 1.29 is 4.74 Å². The van der Waals surface area contributed by atoms with E-state index in [0.717, 1.165) is 25.3 Å². The van der Waals surface area contributed by atoms with Crippen LogP contribution >= 0.6 is 11.6 Å². The Morgan fingerprint density at radius 1 is 1.15 bits per heavy atom. The summed E-state index contributed by atoms with van der Waals surface area (Å²) in [5.41, 5.74) is 2.33. The van der Waals surface area contributed by atoms with Crippen LogP contribution in [0, 0.1) is 6.92 Å². The molecule has 0 atom stereocenters. The second-order valence-electron chi connectivity index (χ2n) is 4.86. The van der Waals surface area contributed by atoms with E-state index in [1.54, 1.807) is 0 Å². The molecular weight excluding hydrogens is 270 g/mol. The molecule has 0 amide bonds. The first kappa shape index (κ1) is 14.9. The molecule has 106 valence electrons. The predicted molar refractivity (Wildman–Crippen MR) is 84.7 cm³/mol. The second kappa shape index (κ2) is 7.32. The lowest BCUT2D eigenvalue weighted by molar-refractivity contribution is 0.482. The standard InChI is InChI=1S/C17H20ClNO/c1-3-9-19-12-14-7-8-17(16(18)11-14)20-15-6-4-5-13(2)10-15/h4-8,10-11,19H,3,9,12H2,1-2H3. The second-order valence-corrected chi connectivity index (χ2v) is 5.27. The Morgan fingerprint density at radius 2 is 2.00 bits per heavy atom. The van der Waals surface area contributed by atoms with Crippen molar-refractivity contribution in [1.82, 2.24) is 5.32 Å². The molecule has 0 fully saturated rings. The van der Waals surface area contributed by atoms with Crippen LogP contribution in [0.15, 0.2) is 42.5 Å². The molecule has 20 heavy (non-hydrogen) atoms. The van der Waals surface area contributed by atoms with Gasteiger partial charge < -0.3 is 10.1 Å². The van der Waals surface area contributed by atoms with Crippen LogP contribution in [0.1, 0.15) is 24.5 Å². The fraction of sp³-hybridized carbons (Fsp3) is 0.294. The van der Waals surface area contributed by atoms with E-state index in [2.05, 4.69) is 12.2 Å². The van der Waals surface area contributed by atoms with Crippen molar-refractivity contribution in [3.05, 3.63) is 58.6 Å². The average Bonchev–Trinajstić information content (AvgIpc) is 2.42. The smallest absolute Gasteiger partial charge is 0.146 e. The number of ether oxygens (including phenoxy) is 1. The van der Waals surface area contributed by atoms with Gasteiger partial charge in [0.15, 0.2) is 0 Å². The summed E-state index contributed by atoms with van der Waals surface area (Å²) < 4.78 is 5.82. The van der Waals surface area contributed by atoms with Gasteiger partial charge in [0.1, 0.15) is 11.5 Å². The zero-order valence-electron chi connectivity index (χ0n) is 11.9. The summed E-state index contributed by atoms with van der Waals surface area (Å²) in [5.74, 6) is 1.50. The molecule has 1 N–H and O–H groups in total. The minimum Gasteiger partial charge on any atom is -0.456 e. The minimum absolute atomic E-state index is 0.641. The van der Waals surface area contributed by atoms with E-state index in [0.29, 0.717) is 10.8 Å². The van der Waals surface area contributed by atoms with Crippen molar-refractivity contribution in [2.75, 3.05) is 6.54 Å². The summed E-state index contributed by atoms with van der Waals surface area (Å²) in [6.07, 6.45) is 1.13. The lowest BCUT2D eigenvalue weighted by atomic mass is 10.2. The van der Waals surface area contributed by atoms with Crippen LogP contribution < -0.4 is 10.1 Å². The third kappa shape index (κ3) is 4.26. The average molecular weight is 290 g/mol. The van der Waals surface area contributed by atoms with E-state index >= 15 is 0 Å². The van der Waals surface area contributed by atoms with E-state index in [1.807, 2.05) is 49.4 Å². The van der Waals surface area contributed by atoms with Gasteiger partial charge in [-0.25, -0.2) is 0 Å². The van der Waals surface area contributed by atoms with Gasteiger partial charge in [0.2, 0.25) is 0 Å². The first-order chi connectivity index (χ1) is 9.69. The molecule has 2 aromatic carbocycles. The summed E-state index contributed by atoms with van der Waals surface area (Å²) >= 11 is 6.28. The maximum atomic E-state index is 6.28. The normalized spacial score (nSPS) is 10.6. The molecule has 0 aliphatic heterocycles. The summed E-state index contributed by atoms with van der Waals surface area (Å²) in [5, 5.41) is 4.00. The van der Waals surface area contributed by atoms with Gasteiger partial charge in [-0.05, 0) is 55.3 Å². The molecule has 2 rings (SSSR count). The third-order valence-electron chi connectivity index (χ3n) is 2.97. The molecule has 0 bridgehead atoms. The molecule has 2 aromatic rings. The quantitative estimate of drug-likeness (QED) is 0.761. The highest BCUT2D eigenvalue weighted by atomic mass is 35.5. The Morgan fingerprint density at radius 3 is 2.70 bits per heavy atom. The van der Waals surface area contributed by atoms with E-state index in [9.17, 15) is 0 Å². The molecule has 0 radical (unpaired) electrons. The van der Waals surface area contributed by atoms with Crippen molar-refractivity contribution in [3.8, 4) is 11.5 Å². The molecule has 0 saturated heterocycles. The SMILES string of the molecule is CCCNCc1ccc(Oc2cccc(C)c2)c(Cl)c1. The molecule has 0 aromatic heterocycles. The number of nitrogens with one attached hydrogen (secondary N) is 1. The van der Waals surface area contributed by atoms with Crippen molar-refractivity contribution in [2.45, 2.75) is 26.8 Å². The molecule has 0 aliphatic carbocycles. The van der Waals surface area contributed by atoms with Crippen LogP contribution in [-0.4, -0.2) is 6.54 Å². The molecule has 2 nitrogen and oxygen atoms in total. The van der Waals surface area contributed by atoms with Gasteiger partial charge in [0, 0.05) is 6.54 Å². The molecule has 0 spiro atoms. The first-order valence-corrected chi connectivity index (χ1v) is 7.30. The highest BCUT2D eigenvalue weighted by molar-refractivity contribution is 6.32. The summed E-state index contributed by atoms with van der Waals surface area (Å²) in [6.45, 7) is 6.03. The first-order valence-electron chi connectivity index (χ1n) is 6.92. The Bertz CT molecular complexity index is 569. The van der Waals surface area contributed by atoms with Gasteiger partial charge in [-0.1, -0.05) is 36.7 Å². The number of hydrogen-bond donors (Lipinski definition) is 1. The van der Waals surface area contributed by atoms with Gasteiger partial charge in [-0.2, -0.15) is 0 Å². The van der Waals surface area contributed by atoms with Gasteiger partial charge >= 0.3 is 0 Å². The van der Waals surface area contributed by atoms with Crippen molar-refractivity contribution in [3.63, 3.8) is 0 Å². The highest BCUT2D eigenvalue weighted by Gasteiger charge is 2.05. The van der Waals surface area contributed by atoms with Gasteiger partial charge in [-0.3, -0.25) is 0 Å². The molecule has 0 unspecified atom stereocenters. The van der Waals surface area contributed by atoms with E-state index in [-0.39, 0.29) is 0 Å². The van der Waals surface area contributed by atoms with Crippen molar-refractivity contribution in [1.29, 1.82) is 0 Å². The van der Waals surface area contributed by atoms with Gasteiger partial charge in [0.05, 0.1) is 5.02 Å². The maximum Gasteiger partial charge on any atom is 0.146 e. The highest BCUT2D eigenvalue weighted by Crippen LogP contribution is 2.30. The fourth-order valence-corrected chi connectivity index (χ4v) is 2.19. The van der Waals surface area contributed by atoms with Crippen molar-refractivity contribution >= 4 is 11.6 Å². The van der Waals surface area contributed by atoms with E-state index in [4.69, 9.17) is 16.3 Å². The minimum atomic E-state index is 0.641. The van der Waals surface area contributed by atoms with Crippen LogP contribution in [0.5, 0.6) is 11.5 Å². The molecule has 0 saturated carbocycles. The van der Waals surface area contributed by atoms with Gasteiger partial charge in [0.25, 0.3) is 0 Å². The molecule has 3 heteroatoms. The number of aryl methyl sites for hydroxylation is 1. The monoisotopic (exact) mass is 289 g/mol. The van der Waals surface area contributed by atoms with Crippen LogP contribution in [0.2, 0.25) is 5.02 Å². The zero-order chi connectivity index (χ0) is 14.4. The lowest BCUT2D eigenvalue weighted by Crippen LogP contribution is -2.13. The van der Waals surface area contributed by atoms with Crippen LogP contribution in [0.4, 0.5) is 0 Å². The van der Waals surface area contributed by atoms with Crippen LogP contribution in [0.3, 0.4) is 0 Å². The van der Waals surface area contributed by atoms with E-state index in [1.165, 1.54) is 11.1 Å². The Hall–Kier alpha value is -1.51. The largest absolute Gasteiger partial charge is 0.456 e. The number of rotatable bonds is 6. The Kier molecular flexibility index (Phi) is 5.45. The number of benzene rings is 2. The summed E-state index contributed by atoms with van der Waals surface area (Å²) in [6, 6.07) is 13.9. The third-order valence-corrected chi connectivity index (χ3v) is 3.26.